The molecule has 0 unspecified atom stereocenters. The van der Waals surface area contributed by atoms with Gasteiger partial charge >= 0.3 is 0 Å². The van der Waals surface area contributed by atoms with Crippen molar-refractivity contribution in [1.82, 2.24) is 14.9 Å². The van der Waals surface area contributed by atoms with Crippen molar-refractivity contribution in [2.45, 2.75) is 39.7 Å². The minimum atomic E-state index is -0.341. The van der Waals surface area contributed by atoms with E-state index in [0.717, 1.165) is 37.1 Å². The maximum Gasteiger partial charge on any atom is 0.251 e. The zero-order chi connectivity index (χ0) is 19.2. The van der Waals surface area contributed by atoms with Crippen LogP contribution in [0.3, 0.4) is 0 Å². The summed E-state index contributed by atoms with van der Waals surface area (Å²) >= 11 is 0. The molecule has 1 N–H and O–H groups in total. The number of hydrogen-bond acceptors (Lipinski definition) is 2. The number of nitrogens with zero attached hydrogens (tertiary/aromatic N) is 2. The molecule has 0 saturated carbocycles. The summed E-state index contributed by atoms with van der Waals surface area (Å²) < 4.78 is 15.2. The summed E-state index contributed by atoms with van der Waals surface area (Å²) in [5.41, 5.74) is 2.66. The lowest BCUT2D eigenvalue weighted by atomic mass is 10.1. The first kappa shape index (κ1) is 19.1. The maximum absolute atomic E-state index is 12.9. The monoisotopic (exact) mass is 367 g/mol. The van der Waals surface area contributed by atoms with Crippen LogP contribution in [0.25, 0.3) is 11.0 Å². The number of fused-ring (bicyclic) bond motifs is 1. The molecule has 0 atom stereocenters. The van der Waals surface area contributed by atoms with E-state index in [1.807, 2.05) is 18.2 Å². The molecule has 0 aliphatic rings. The highest BCUT2D eigenvalue weighted by molar-refractivity contribution is 5.94. The topological polar surface area (TPSA) is 46.9 Å². The highest BCUT2D eigenvalue weighted by Crippen LogP contribution is 2.18. The van der Waals surface area contributed by atoms with Crippen molar-refractivity contribution in [2.75, 3.05) is 6.54 Å². The Hall–Kier alpha value is -2.69. The Morgan fingerprint density at radius 2 is 1.89 bits per heavy atom. The van der Waals surface area contributed by atoms with Crippen LogP contribution in [0, 0.1) is 11.7 Å². The number of aromatic nitrogens is 2. The molecule has 3 rings (SSSR count). The normalized spacial score (nSPS) is 11.3. The van der Waals surface area contributed by atoms with Crippen molar-refractivity contribution in [2.24, 2.45) is 5.92 Å². The summed E-state index contributed by atoms with van der Waals surface area (Å²) in [6.07, 6.45) is 2.71. The quantitative estimate of drug-likeness (QED) is 0.592. The molecule has 27 heavy (non-hydrogen) atoms. The number of halogens is 1. The third-order valence-corrected chi connectivity index (χ3v) is 4.63. The number of hydrogen-bond donors (Lipinski definition) is 1. The predicted octanol–water partition coefficient (Wildman–Crippen LogP) is 4.58. The first-order valence-electron chi connectivity index (χ1n) is 9.52. The van der Waals surface area contributed by atoms with Gasteiger partial charge in [-0.25, -0.2) is 9.37 Å². The summed E-state index contributed by atoms with van der Waals surface area (Å²) in [5.74, 6) is 1.18. The fourth-order valence-corrected chi connectivity index (χ4v) is 3.10. The van der Waals surface area contributed by atoms with Gasteiger partial charge in [0.2, 0.25) is 0 Å². The van der Waals surface area contributed by atoms with Crippen molar-refractivity contribution in [3.05, 3.63) is 65.7 Å². The molecule has 0 fully saturated rings. The summed E-state index contributed by atoms with van der Waals surface area (Å²) in [6, 6.07) is 13.8. The van der Waals surface area contributed by atoms with Gasteiger partial charge < -0.3 is 9.88 Å². The molecule has 4 nitrogen and oxygen atoms in total. The second-order valence-electron chi connectivity index (χ2n) is 7.22. The second kappa shape index (κ2) is 8.80. The number of amides is 1. The molecule has 2 aromatic carbocycles. The Balaban J connectivity index is 1.60. The van der Waals surface area contributed by atoms with Gasteiger partial charge in [0, 0.05) is 25.1 Å². The lowest BCUT2D eigenvalue weighted by molar-refractivity contribution is 0.0953. The summed E-state index contributed by atoms with van der Waals surface area (Å²) in [6.45, 7) is 5.96. The molecular weight excluding hydrogens is 341 g/mol. The Bertz CT molecular complexity index is 900. The first-order chi connectivity index (χ1) is 13.0. The average Bonchev–Trinajstić information content (AvgIpc) is 3.01. The van der Waals surface area contributed by atoms with E-state index in [9.17, 15) is 9.18 Å². The summed E-state index contributed by atoms with van der Waals surface area (Å²) in [7, 11) is 0. The number of aryl methyl sites for hydroxylation is 2. The highest BCUT2D eigenvalue weighted by atomic mass is 19.1. The number of nitrogens with one attached hydrogen (secondary N) is 1. The van der Waals surface area contributed by atoms with Crippen molar-refractivity contribution >= 4 is 16.9 Å². The largest absolute Gasteiger partial charge is 0.352 e. The second-order valence-corrected chi connectivity index (χ2v) is 7.22. The smallest absolute Gasteiger partial charge is 0.251 e. The third-order valence-electron chi connectivity index (χ3n) is 4.63. The summed E-state index contributed by atoms with van der Waals surface area (Å²) in [4.78, 5) is 16.9. The lowest BCUT2D eigenvalue weighted by Crippen LogP contribution is -2.25. The molecule has 0 saturated heterocycles. The fraction of sp³-hybridized carbons (Fsp3) is 0.364. The standard InChI is InChI=1S/C22H26FN3O/c1-16(2)13-15-26-20-7-4-3-6-19(20)25-21(26)8-5-14-24-22(27)17-9-11-18(23)12-10-17/h3-4,6-7,9-12,16H,5,8,13-15H2,1-2H3,(H,24,27). The van der Waals surface area contributed by atoms with E-state index in [-0.39, 0.29) is 11.7 Å². The SMILES string of the molecule is CC(C)CCn1c(CCCNC(=O)c2ccc(F)cc2)nc2ccccc21. The Morgan fingerprint density at radius 1 is 1.15 bits per heavy atom. The highest BCUT2D eigenvalue weighted by Gasteiger charge is 2.11. The lowest BCUT2D eigenvalue weighted by Gasteiger charge is -2.11. The summed E-state index contributed by atoms with van der Waals surface area (Å²) in [5, 5.41) is 2.89. The molecule has 0 spiro atoms. The van der Waals surface area contributed by atoms with Crippen LogP contribution in [0.15, 0.2) is 48.5 Å². The van der Waals surface area contributed by atoms with Gasteiger partial charge in [0.25, 0.3) is 5.91 Å². The van der Waals surface area contributed by atoms with E-state index < -0.39 is 0 Å². The number of benzene rings is 2. The van der Waals surface area contributed by atoms with Crippen molar-refractivity contribution < 1.29 is 9.18 Å². The number of rotatable bonds is 8. The molecule has 142 valence electrons. The molecule has 0 radical (unpaired) electrons. The van der Waals surface area contributed by atoms with Gasteiger partial charge in [-0.3, -0.25) is 4.79 Å². The first-order valence-corrected chi connectivity index (χ1v) is 9.52. The average molecular weight is 367 g/mol. The van der Waals surface area contributed by atoms with Crippen LogP contribution in [0.1, 0.15) is 42.9 Å². The maximum atomic E-state index is 12.9. The van der Waals surface area contributed by atoms with Crippen LogP contribution in [0.2, 0.25) is 0 Å². The van der Waals surface area contributed by atoms with Gasteiger partial charge in [-0.2, -0.15) is 0 Å². The molecule has 5 heteroatoms. The molecule has 0 aliphatic heterocycles. The third kappa shape index (κ3) is 4.94. The van der Waals surface area contributed by atoms with Gasteiger partial charge in [0.15, 0.2) is 0 Å². The molecule has 1 amide bonds. The van der Waals surface area contributed by atoms with Gasteiger partial charge in [-0.05, 0) is 55.2 Å². The van der Waals surface area contributed by atoms with Crippen LogP contribution in [0.5, 0.6) is 0 Å². The Morgan fingerprint density at radius 3 is 2.63 bits per heavy atom. The van der Waals surface area contributed by atoms with Crippen LogP contribution in [-0.4, -0.2) is 22.0 Å². The zero-order valence-corrected chi connectivity index (χ0v) is 15.9. The molecular formula is C22H26FN3O. The van der Waals surface area contributed by atoms with Crippen LogP contribution < -0.4 is 5.32 Å². The molecule has 0 aliphatic carbocycles. The van der Waals surface area contributed by atoms with Gasteiger partial charge in [0.05, 0.1) is 11.0 Å². The zero-order valence-electron chi connectivity index (χ0n) is 15.9. The van der Waals surface area contributed by atoms with Crippen LogP contribution in [-0.2, 0) is 13.0 Å². The van der Waals surface area contributed by atoms with Gasteiger partial charge in [-0.15, -0.1) is 0 Å². The molecule has 1 heterocycles. The predicted molar refractivity (Wildman–Crippen MR) is 106 cm³/mol. The van der Waals surface area contributed by atoms with E-state index in [1.54, 1.807) is 0 Å². The Labute approximate surface area is 159 Å². The van der Waals surface area contributed by atoms with E-state index in [1.165, 1.54) is 29.8 Å². The van der Waals surface area contributed by atoms with Crippen LogP contribution >= 0.6 is 0 Å². The molecule has 0 bridgehead atoms. The minimum Gasteiger partial charge on any atom is -0.352 e. The van der Waals surface area contributed by atoms with E-state index >= 15 is 0 Å². The Kier molecular flexibility index (Phi) is 6.22. The number of imidazole rings is 1. The minimum absolute atomic E-state index is 0.177. The number of carbonyl (C=O) groups excluding carboxylic acids is 1. The number of para-hydroxylation sites is 2. The fourth-order valence-electron chi connectivity index (χ4n) is 3.10. The molecule has 3 aromatic rings. The van der Waals surface area contributed by atoms with Crippen molar-refractivity contribution in [1.29, 1.82) is 0 Å². The van der Waals surface area contributed by atoms with E-state index in [4.69, 9.17) is 4.98 Å². The molecule has 1 aromatic heterocycles. The van der Waals surface area contributed by atoms with Gasteiger partial charge in [-0.1, -0.05) is 26.0 Å². The van der Waals surface area contributed by atoms with Gasteiger partial charge in [0.1, 0.15) is 11.6 Å². The van der Waals surface area contributed by atoms with E-state index in [2.05, 4.69) is 29.8 Å². The van der Waals surface area contributed by atoms with Crippen LogP contribution in [0.4, 0.5) is 4.39 Å². The number of carbonyl (C=O) groups is 1. The van der Waals surface area contributed by atoms with Crippen molar-refractivity contribution in [3.8, 4) is 0 Å². The van der Waals surface area contributed by atoms with E-state index in [0.29, 0.717) is 18.0 Å². The van der Waals surface area contributed by atoms with Crippen molar-refractivity contribution in [3.63, 3.8) is 0 Å².